The summed E-state index contributed by atoms with van der Waals surface area (Å²) >= 11 is 0. The molecule has 0 heterocycles. The van der Waals surface area contributed by atoms with Crippen LogP contribution in [0.2, 0.25) is 0 Å². The average Bonchev–Trinajstić information content (AvgIpc) is 2.72. The molecule has 5 nitrogen and oxygen atoms in total. The number of quaternary nitrogens is 1. The van der Waals surface area contributed by atoms with Crippen LogP contribution in [0.3, 0.4) is 0 Å². The molecular formula is C22H33NO4. The minimum absolute atomic E-state index is 0.0550. The molecule has 0 spiro atoms. The number of unbranched alkanes of at least 4 members (excludes halogenated alkanes) is 1. The van der Waals surface area contributed by atoms with Crippen molar-refractivity contribution in [3.05, 3.63) is 66.2 Å². The van der Waals surface area contributed by atoms with Crippen molar-refractivity contribution >= 4 is 0 Å². The van der Waals surface area contributed by atoms with Crippen molar-refractivity contribution in [3.63, 3.8) is 0 Å². The van der Waals surface area contributed by atoms with Gasteiger partial charge >= 0.3 is 0 Å². The SMILES string of the molecule is CC(COc1ccccc1)[NH2+]CCC(O)c1ccccc1.[O-]CCCCO. The van der Waals surface area contributed by atoms with E-state index in [1.54, 1.807) is 0 Å². The minimum atomic E-state index is -0.385. The number of para-hydroxylation sites is 1. The highest BCUT2D eigenvalue weighted by atomic mass is 16.5. The van der Waals surface area contributed by atoms with Gasteiger partial charge in [-0.2, -0.15) is 0 Å². The minimum Gasteiger partial charge on any atom is -0.854 e. The van der Waals surface area contributed by atoms with Crippen molar-refractivity contribution < 1.29 is 25.4 Å². The van der Waals surface area contributed by atoms with Crippen LogP contribution in [0.5, 0.6) is 5.75 Å². The van der Waals surface area contributed by atoms with E-state index in [2.05, 4.69) is 12.2 Å². The summed E-state index contributed by atoms with van der Waals surface area (Å²) in [4.78, 5) is 0. The molecule has 4 N–H and O–H groups in total. The molecule has 0 aromatic heterocycles. The molecule has 2 rings (SSSR count). The molecule has 0 aliphatic heterocycles. The fourth-order valence-electron chi connectivity index (χ4n) is 2.41. The van der Waals surface area contributed by atoms with Gasteiger partial charge in [-0.15, -0.1) is 6.61 Å². The lowest BCUT2D eigenvalue weighted by atomic mass is 10.1. The van der Waals surface area contributed by atoms with Gasteiger partial charge in [0.05, 0.1) is 12.6 Å². The summed E-state index contributed by atoms with van der Waals surface area (Å²) in [5, 5.41) is 29.9. The molecule has 2 aromatic carbocycles. The quantitative estimate of drug-likeness (QED) is 0.516. The third-order valence-corrected chi connectivity index (χ3v) is 4.00. The van der Waals surface area contributed by atoms with Gasteiger partial charge < -0.3 is 25.4 Å². The Kier molecular flexibility index (Phi) is 13.0. The van der Waals surface area contributed by atoms with Gasteiger partial charge in [0, 0.05) is 13.0 Å². The summed E-state index contributed by atoms with van der Waals surface area (Å²) in [5.74, 6) is 0.905. The Morgan fingerprint density at radius 3 is 2.19 bits per heavy atom. The van der Waals surface area contributed by atoms with E-state index in [1.165, 1.54) is 0 Å². The van der Waals surface area contributed by atoms with Crippen molar-refractivity contribution in [2.75, 3.05) is 26.4 Å². The fourth-order valence-corrected chi connectivity index (χ4v) is 2.41. The van der Waals surface area contributed by atoms with E-state index < -0.39 is 0 Å². The third kappa shape index (κ3) is 11.4. The van der Waals surface area contributed by atoms with Gasteiger partial charge in [0.1, 0.15) is 18.4 Å². The van der Waals surface area contributed by atoms with Crippen LogP contribution in [0.25, 0.3) is 0 Å². The van der Waals surface area contributed by atoms with E-state index in [0.717, 1.165) is 24.3 Å². The number of ether oxygens (including phenoxy) is 1. The number of benzene rings is 2. The molecule has 5 heteroatoms. The number of rotatable bonds is 11. The summed E-state index contributed by atoms with van der Waals surface area (Å²) in [6.07, 6.45) is 1.63. The lowest BCUT2D eigenvalue weighted by Gasteiger charge is -2.14. The second kappa shape index (κ2) is 15.2. The second-order valence-corrected chi connectivity index (χ2v) is 6.48. The molecule has 2 atom stereocenters. The van der Waals surface area contributed by atoms with E-state index in [4.69, 9.17) is 9.84 Å². The first kappa shape index (κ1) is 23.1. The standard InChI is InChI=1S/C18H23NO2.C4H9O2/c1-15(14-21-17-10-6-3-7-11-17)19-13-12-18(20)16-8-4-2-5-9-16;5-3-1-2-4-6/h2-11,15,18-20H,12-14H2,1H3;5H,1-4H2/q;-1/p+1. The molecule has 0 aliphatic carbocycles. The Hall–Kier alpha value is -1.92. The van der Waals surface area contributed by atoms with Crippen LogP contribution < -0.4 is 15.2 Å². The van der Waals surface area contributed by atoms with Gasteiger partial charge in [-0.05, 0) is 31.0 Å². The van der Waals surface area contributed by atoms with Gasteiger partial charge in [-0.3, -0.25) is 0 Å². The van der Waals surface area contributed by atoms with E-state index in [-0.39, 0.29) is 19.3 Å². The first-order chi connectivity index (χ1) is 13.2. The van der Waals surface area contributed by atoms with Gasteiger partial charge in [0.2, 0.25) is 0 Å². The Bertz CT molecular complexity index is 561. The largest absolute Gasteiger partial charge is 0.854 e. The molecule has 0 bridgehead atoms. The Balaban J connectivity index is 0.000000527. The van der Waals surface area contributed by atoms with E-state index >= 15 is 0 Å². The molecule has 150 valence electrons. The Morgan fingerprint density at radius 2 is 1.63 bits per heavy atom. The van der Waals surface area contributed by atoms with E-state index in [0.29, 0.717) is 25.5 Å². The lowest BCUT2D eigenvalue weighted by Crippen LogP contribution is -2.90. The highest BCUT2D eigenvalue weighted by molar-refractivity contribution is 5.20. The summed E-state index contributed by atoms with van der Waals surface area (Å²) in [6, 6.07) is 20.0. The molecule has 0 fully saturated rings. The Morgan fingerprint density at radius 1 is 1.00 bits per heavy atom. The van der Waals surface area contributed by atoms with Crippen LogP contribution in [0.1, 0.15) is 37.9 Å². The monoisotopic (exact) mass is 375 g/mol. The zero-order valence-electron chi connectivity index (χ0n) is 16.2. The van der Waals surface area contributed by atoms with Crippen LogP contribution in [-0.2, 0) is 0 Å². The summed E-state index contributed by atoms with van der Waals surface area (Å²) in [7, 11) is 0. The molecule has 0 saturated heterocycles. The van der Waals surface area contributed by atoms with Crippen molar-refractivity contribution in [3.8, 4) is 5.75 Å². The topological polar surface area (TPSA) is 89.4 Å². The number of aliphatic hydroxyl groups is 2. The lowest BCUT2D eigenvalue weighted by molar-refractivity contribution is -0.688. The summed E-state index contributed by atoms with van der Waals surface area (Å²) in [6.45, 7) is 3.79. The van der Waals surface area contributed by atoms with Crippen LogP contribution in [0.15, 0.2) is 60.7 Å². The predicted molar refractivity (Wildman–Crippen MR) is 105 cm³/mol. The van der Waals surface area contributed by atoms with Crippen LogP contribution in [-0.4, -0.2) is 42.6 Å². The highest BCUT2D eigenvalue weighted by Crippen LogP contribution is 2.14. The van der Waals surface area contributed by atoms with E-state index in [1.807, 2.05) is 60.7 Å². The maximum Gasteiger partial charge on any atom is 0.139 e. The summed E-state index contributed by atoms with van der Waals surface area (Å²) in [5.41, 5.74) is 0.985. The van der Waals surface area contributed by atoms with E-state index in [9.17, 15) is 10.2 Å². The number of aliphatic hydroxyl groups excluding tert-OH is 2. The molecule has 0 radical (unpaired) electrons. The molecule has 2 aromatic rings. The van der Waals surface area contributed by atoms with Crippen LogP contribution in [0.4, 0.5) is 0 Å². The van der Waals surface area contributed by atoms with Crippen LogP contribution in [0, 0.1) is 0 Å². The molecule has 0 amide bonds. The summed E-state index contributed by atoms with van der Waals surface area (Å²) < 4.78 is 5.72. The van der Waals surface area contributed by atoms with Gasteiger partial charge in [-0.1, -0.05) is 55.0 Å². The second-order valence-electron chi connectivity index (χ2n) is 6.48. The predicted octanol–water partition coefficient (Wildman–Crippen LogP) is 1.26. The molecular weight excluding hydrogens is 342 g/mol. The van der Waals surface area contributed by atoms with Gasteiger partial charge in [0.25, 0.3) is 0 Å². The number of hydrogen-bond acceptors (Lipinski definition) is 4. The average molecular weight is 376 g/mol. The first-order valence-corrected chi connectivity index (χ1v) is 9.60. The van der Waals surface area contributed by atoms with Crippen molar-refractivity contribution in [1.29, 1.82) is 0 Å². The smallest absolute Gasteiger partial charge is 0.139 e. The van der Waals surface area contributed by atoms with Gasteiger partial charge in [-0.25, -0.2) is 0 Å². The zero-order chi connectivity index (χ0) is 19.7. The highest BCUT2D eigenvalue weighted by Gasteiger charge is 2.10. The zero-order valence-corrected chi connectivity index (χ0v) is 16.2. The number of nitrogens with two attached hydrogens (primary N) is 1. The molecule has 0 aliphatic rings. The van der Waals surface area contributed by atoms with Gasteiger partial charge in [0.15, 0.2) is 0 Å². The fraction of sp³-hybridized carbons (Fsp3) is 0.455. The number of hydrogen-bond donors (Lipinski definition) is 3. The van der Waals surface area contributed by atoms with Crippen molar-refractivity contribution in [2.24, 2.45) is 0 Å². The molecule has 2 unspecified atom stereocenters. The Labute approximate surface area is 162 Å². The maximum atomic E-state index is 10.1. The molecule has 0 saturated carbocycles. The normalized spacial score (nSPS) is 12.6. The van der Waals surface area contributed by atoms with Crippen molar-refractivity contribution in [2.45, 2.75) is 38.3 Å². The third-order valence-electron chi connectivity index (χ3n) is 4.00. The molecule has 27 heavy (non-hydrogen) atoms. The maximum absolute atomic E-state index is 10.1. The van der Waals surface area contributed by atoms with Crippen LogP contribution >= 0.6 is 0 Å². The van der Waals surface area contributed by atoms with Crippen molar-refractivity contribution in [1.82, 2.24) is 0 Å². The first-order valence-electron chi connectivity index (χ1n) is 9.60.